The summed E-state index contributed by atoms with van der Waals surface area (Å²) in [4.78, 5) is 0. The van der Waals surface area contributed by atoms with E-state index >= 15 is 0 Å². The molecule has 0 fully saturated rings. The molecule has 0 bridgehead atoms. The number of para-hydroxylation sites is 1. The molecule has 1 heterocycles. The first-order chi connectivity index (χ1) is 8.27. The molecule has 1 aliphatic rings. The lowest BCUT2D eigenvalue weighted by atomic mass is 10.00. The molecule has 0 unspecified atom stereocenters. The van der Waals surface area contributed by atoms with Gasteiger partial charge in [0.15, 0.2) is 0 Å². The molecule has 0 aliphatic carbocycles. The highest BCUT2D eigenvalue weighted by molar-refractivity contribution is 7.82. The second kappa shape index (κ2) is 3.97. The second-order valence-electron chi connectivity index (χ2n) is 4.22. The molecule has 2 heteroatoms. The van der Waals surface area contributed by atoms with Crippen molar-refractivity contribution in [3.8, 4) is 0 Å². The number of nitrogens with zero attached hydrogens (tertiary/aromatic N) is 1. The zero-order chi connectivity index (χ0) is 11.8. The van der Waals surface area contributed by atoms with Crippen molar-refractivity contribution in [2.45, 2.75) is 6.42 Å². The van der Waals surface area contributed by atoms with Gasteiger partial charge in [-0.15, -0.1) is 0 Å². The predicted octanol–water partition coefficient (Wildman–Crippen LogP) is 3.91. The van der Waals surface area contributed by atoms with Gasteiger partial charge in [-0.3, -0.25) is 4.31 Å². The SMILES string of the molecule is C=C1c2ccccc2Cc2ccccc2N1S. The summed E-state index contributed by atoms with van der Waals surface area (Å²) < 4.78 is 1.88. The van der Waals surface area contributed by atoms with E-state index in [1.54, 1.807) is 0 Å². The average molecular weight is 239 g/mol. The zero-order valence-electron chi connectivity index (χ0n) is 9.43. The first kappa shape index (κ1) is 10.5. The van der Waals surface area contributed by atoms with E-state index in [1.165, 1.54) is 16.7 Å². The summed E-state index contributed by atoms with van der Waals surface area (Å²) in [6.07, 6.45) is 0.933. The molecular weight excluding hydrogens is 226 g/mol. The van der Waals surface area contributed by atoms with Crippen molar-refractivity contribution in [3.63, 3.8) is 0 Å². The van der Waals surface area contributed by atoms with E-state index in [9.17, 15) is 0 Å². The molecule has 0 saturated carbocycles. The summed E-state index contributed by atoms with van der Waals surface area (Å²) in [5.41, 5.74) is 5.83. The molecule has 17 heavy (non-hydrogen) atoms. The molecule has 0 spiro atoms. The Bertz CT molecular complexity index is 589. The predicted molar refractivity (Wildman–Crippen MR) is 76.2 cm³/mol. The highest BCUT2D eigenvalue weighted by Gasteiger charge is 2.19. The topological polar surface area (TPSA) is 3.24 Å². The Labute approximate surface area is 107 Å². The fourth-order valence-electron chi connectivity index (χ4n) is 2.29. The van der Waals surface area contributed by atoms with Gasteiger partial charge in [0.05, 0.1) is 11.4 Å². The quantitative estimate of drug-likeness (QED) is 0.682. The lowest BCUT2D eigenvalue weighted by Gasteiger charge is -2.20. The minimum absolute atomic E-state index is 0.933. The third kappa shape index (κ3) is 1.65. The minimum atomic E-state index is 0.933. The molecule has 2 aromatic rings. The zero-order valence-corrected chi connectivity index (χ0v) is 10.3. The van der Waals surface area contributed by atoms with Crippen molar-refractivity contribution in [3.05, 3.63) is 71.8 Å². The molecule has 84 valence electrons. The van der Waals surface area contributed by atoms with Crippen LogP contribution in [0.15, 0.2) is 55.1 Å². The number of fused-ring (bicyclic) bond motifs is 2. The van der Waals surface area contributed by atoms with Gasteiger partial charge in [-0.1, -0.05) is 61.9 Å². The summed E-state index contributed by atoms with van der Waals surface area (Å²) in [6, 6.07) is 16.7. The molecule has 0 atom stereocenters. The Balaban J connectivity index is 2.24. The maximum absolute atomic E-state index is 4.56. The lowest BCUT2D eigenvalue weighted by molar-refractivity contribution is 1.20. The molecule has 0 aromatic heterocycles. The van der Waals surface area contributed by atoms with Crippen LogP contribution in [0.3, 0.4) is 0 Å². The highest BCUT2D eigenvalue weighted by atomic mass is 32.1. The highest BCUT2D eigenvalue weighted by Crippen LogP contribution is 2.36. The molecule has 0 saturated heterocycles. The van der Waals surface area contributed by atoms with Crippen LogP contribution in [0.25, 0.3) is 5.70 Å². The van der Waals surface area contributed by atoms with Gasteiger partial charge < -0.3 is 0 Å². The van der Waals surface area contributed by atoms with E-state index in [4.69, 9.17) is 0 Å². The Hall–Kier alpha value is -1.67. The van der Waals surface area contributed by atoms with Crippen LogP contribution >= 0.6 is 12.8 Å². The second-order valence-corrected chi connectivity index (χ2v) is 4.62. The molecule has 2 aromatic carbocycles. The monoisotopic (exact) mass is 239 g/mol. The van der Waals surface area contributed by atoms with Crippen molar-refractivity contribution in [1.29, 1.82) is 0 Å². The van der Waals surface area contributed by atoms with Crippen LogP contribution in [-0.4, -0.2) is 0 Å². The van der Waals surface area contributed by atoms with Crippen LogP contribution in [-0.2, 0) is 6.42 Å². The van der Waals surface area contributed by atoms with Gasteiger partial charge in [0.1, 0.15) is 0 Å². The van der Waals surface area contributed by atoms with Crippen LogP contribution in [0.5, 0.6) is 0 Å². The largest absolute Gasteiger partial charge is 0.287 e. The molecule has 0 radical (unpaired) electrons. The van der Waals surface area contributed by atoms with Crippen molar-refractivity contribution >= 4 is 24.2 Å². The van der Waals surface area contributed by atoms with E-state index in [0.29, 0.717) is 0 Å². The number of hydrogen-bond acceptors (Lipinski definition) is 2. The number of thiol groups is 1. The van der Waals surface area contributed by atoms with Crippen molar-refractivity contribution in [1.82, 2.24) is 0 Å². The van der Waals surface area contributed by atoms with Crippen molar-refractivity contribution in [2.24, 2.45) is 0 Å². The van der Waals surface area contributed by atoms with Gasteiger partial charge in [0.25, 0.3) is 0 Å². The average Bonchev–Trinajstić information content (AvgIpc) is 2.48. The van der Waals surface area contributed by atoms with E-state index in [-0.39, 0.29) is 0 Å². The van der Waals surface area contributed by atoms with E-state index in [0.717, 1.165) is 17.8 Å². The van der Waals surface area contributed by atoms with Gasteiger partial charge in [-0.25, -0.2) is 0 Å². The number of rotatable bonds is 0. The van der Waals surface area contributed by atoms with Crippen LogP contribution in [0.4, 0.5) is 5.69 Å². The molecule has 1 aliphatic heterocycles. The summed E-state index contributed by atoms with van der Waals surface area (Å²) in [6.45, 7) is 4.14. The van der Waals surface area contributed by atoms with Gasteiger partial charge in [0, 0.05) is 12.0 Å². The fraction of sp³-hybridized carbons (Fsp3) is 0.0667. The maximum atomic E-state index is 4.56. The standard InChI is InChI=1S/C15H13NS/c1-11-14-8-4-2-6-12(14)10-13-7-3-5-9-15(13)16(11)17/h2-9,17H,1,10H2. The third-order valence-corrected chi connectivity index (χ3v) is 3.64. The number of hydrogen-bond donors (Lipinski definition) is 1. The Kier molecular flexibility index (Phi) is 2.45. The lowest BCUT2D eigenvalue weighted by Crippen LogP contribution is -2.07. The molecule has 1 nitrogen and oxygen atoms in total. The van der Waals surface area contributed by atoms with E-state index in [2.05, 4.69) is 55.8 Å². The smallest absolute Gasteiger partial charge is 0.0558 e. The maximum Gasteiger partial charge on any atom is 0.0558 e. The Morgan fingerprint density at radius 1 is 0.941 bits per heavy atom. The van der Waals surface area contributed by atoms with Crippen LogP contribution in [0.2, 0.25) is 0 Å². The van der Waals surface area contributed by atoms with Crippen LogP contribution in [0, 0.1) is 0 Å². The van der Waals surface area contributed by atoms with Crippen molar-refractivity contribution in [2.75, 3.05) is 4.31 Å². The normalized spacial score (nSPS) is 13.9. The first-order valence-electron chi connectivity index (χ1n) is 5.61. The first-order valence-corrected chi connectivity index (χ1v) is 6.01. The molecule has 3 rings (SSSR count). The Morgan fingerprint density at radius 3 is 2.41 bits per heavy atom. The summed E-state index contributed by atoms with van der Waals surface area (Å²) in [7, 11) is 0. The summed E-state index contributed by atoms with van der Waals surface area (Å²) >= 11 is 4.56. The summed E-state index contributed by atoms with van der Waals surface area (Å²) in [5, 5.41) is 0. The van der Waals surface area contributed by atoms with E-state index < -0.39 is 0 Å². The minimum Gasteiger partial charge on any atom is -0.287 e. The van der Waals surface area contributed by atoms with Crippen molar-refractivity contribution < 1.29 is 0 Å². The van der Waals surface area contributed by atoms with Gasteiger partial charge in [-0.2, -0.15) is 0 Å². The Morgan fingerprint density at radius 2 is 1.59 bits per heavy atom. The van der Waals surface area contributed by atoms with Crippen LogP contribution in [0.1, 0.15) is 16.7 Å². The molecule has 0 amide bonds. The van der Waals surface area contributed by atoms with Gasteiger partial charge >= 0.3 is 0 Å². The number of benzene rings is 2. The summed E-state index contributed by atoms with van der Waals surface area (Å²) in [5.74, 6) is 0. The fourth-order valence-corrected chi connectivity index (χ4v) is 2.59. The molecular formula is C15H13NS. The van der Waals surface area contributed by atoms with Gasteiger partial charge in [0.2, 0.25) is 0 Å². The molecule has 0 N–H and O–H groups in total. The number of anilines is 1. The third-order valence-electron chi connectivity index (χ3n) is 3.18. The van der Waals surface area contributed by atoms with Crippen LogP contribution < -0.4 is 4.31 Å². The van der Waals surface area contributed by atoms with Gasteiger partial charge in [-0.05, 0) is 17.2 Å². The van der Waals surface area contributed by atoms with E-state index in [1.807, 2.05) is 16.4 Å².